The quantitative estimate of drug-likeness (QED) is 0.289. The number of rotatable bonds is 9. The molecule has 5 aromatic rings. The first kappa shape index (κ1) is 24.6. The third-order valence-corrected chi connectivity index (χ3v) is 6.94. The normalized spacial score (nSPS) is 11.3. The molecule has 0 bridgehead atoms. The van der Waals surface area contributed by atoms with Crippen molar-refractivity contribution in [2.24, 2.45) is 0 Å². The highest BCUT2D eigenvalue weighted by Gasteiger charge is 2.19. The van der Waals surface area contributed by atoms with Crippen molar-refractivity contribution in [3.63, 3.8) is 0 Å². The van der Waals surface area contributed by atoms with Gasteiger partial charge < -0.3 is 4.57 Å². The van der Waals surface area contributed by atoms with Crippen LogP contribution in [0.1, 0.15) is 32.5 Å². The number of hydrogen-bond donors (Lipinski definition) is 1. The number of hydrogen-bond acceptors (Lipinski definition) is 7. The summed E-state index contributed by atoms with van der Waals surface area (Å²) in [5, 5.41) is 9.44. The molecule has 10 heteroatoms. The third-order valence-electron chi connectivity index (χ3n) is 6.11. The first-order valence-electron chi connectivity index (χ1n) is 12.3. The number of H-pyrrole nitrogens is 1. The first-order valence-corrected chi connectivity index (χ1v) is 13.3. The van der Waals surface area contributed by atoms with Crippen LogP contribution in [-0.4, -0.2) is 34.3 Å². The van der Waals surface area contributed by atoms with Gasteiger partial charge in [-0.3, -0.25) is 14.3 Å². The van der Waals surface area contributed by atoms with Crippen LogP contribution in [-0.2, 0) is 18.8 Å². The molecule has 0 aliphatic heterocycles. The van der Waals surface area contributed by atoms with E-state index in [1.165, 1.54) is 11.8 Å². The van der Waals surface area contributed by atoms with E-state index in [0.717, 1.165) is 29.7 Å². The summed E-state index contributed by atoms with van der Waals surface area (Å²) < 4.78 is 3.41. The zero-order chi connectivity index (χ0) is 25.8. The zero-order valence-corrected chi connectivity index (χ0v) is 21.5. The van der Waals surface area contributed by atoms with E-state index in [4.69, 9.17) is 9.97 Å². The molecule has 0 aliphatic carbocycles. The number of thioether (sulfide) groups is 1. The number of aryl methyl sites for hydroxylation is 2. The van der Waals surface area contributed by atoms with Crippen molar-refractivity contribution in [1.82, 2.24) is 34.3 Å². The number of aromatic amines is 1. The predicted octanol–water partition coefficient (Wildman–Crippen LogP) is 4.52. The molecule has 0 unspecified atom stereocenters. The number of nitrogens with one attached hydrogen (secondary N) is 1. The number of nitrogens with zero attached hydrogens (tertiary/aromatic N) is 6. The highest BCUT2D eigenvalue weighted by atomic mass is 32.2. The van der Waals surface area contributed by atoms with E-state index < -0.39 is 11.2 Å². The van der Waals surface area contributed by atoms with Crippen molar-refractivity contribution in [1.29, 1.82) is 0 Å². The molecule has 0 saturated heterocycles. The van der Waals surface area contributed by atoms with E-state index in [-0.39, 0.29) is 0 Å². The minimum atomic E-state index is -0.428. The monoisotopic (exact) mass is 513 g/mol. The molecule has 0 atom stereocenters. The van der Waals surface area contributed by atoms with Crippen LogP contribution in [0.5, 0.6) is 0 Å². The summed E-state index contributed by atoms with van der Waals surface area (Å²) in [6.07, 6.45) is 1.75. The largest absolute Gasteiger partial charge is 0.330 e. The second kappa shape index (κ2) is 10.9. The van der Waals surface area contributed by atoms with Crippen LogP contribution in [0.2, 0.25) is 0 Å². The Hall–Kier alpha value is -4.05. The maximum atomic E-state index is 12.7. The fraction of sp³-hybridized carbons (Fsp3) is 0.259. The van der Waals surface area contributed by atoms with Gasteiger partial charge in [-0.1, -0.05) is 85.8 Å². The fourth-order valence-corrected chi connectivity index (χ4v) is 5.01. The Labute approximate surface area is 217 Å². The van der Waals surface area contributed by atoms with Crippen molar-refractivity contribution >= 4 is 22.9 Å². The Bertz CT molecular complexity index is 1640. The lowest BCUT2D eigenvalue weighted by Crippen LogP contribution is -2.31. The molecule has 0 radical (unpaired) electrons. The summed E-state index contributed by atoms with van der Waals surface area (Å²) >= 11 is 1.40. The maximum absolute atomic E-state index is 12.7. The van der Waals surface area contributed by atoms with Crippen LogP contribution < -0.4 is 11.2 Å². The second-order valence-electron chi connectivity index (χ2n) is 8.52. The first-order chi connectivity index (χ1) is 18.1. The molecule has 1 N–H and O–H groups in total. The Kier molecular flexibility index (Phi) is 7.27. The zero-order valence-electron chi connectivity index (χ0n) is 20.7. The molecule has 188 valence electrons. The Morgan fingerprint density at radius 3 is 2.16 bits per heavy atom. The molecule has 5 rings (SSSR count). The Morgan fingerprint density at radius 2 is 1.51 bits per heavy atom. The molecule has 0 amide bonds. The van der Waals surface area contributed by atoms with E-state index in [0.29, 0.717) is 46.7 Å². The Morgan fingerprint density at radius 1 is 0.838 bits per heavy atom. The molecule has 0 saturated carbocycles. The summed E-state index contributed by atoms with van der Waals surface area (Å²) in [4.78, 5) is 37.2. The SMILES string of the molecule is CCCCn1c(=O)[nH]c(=O)c2c1nc(CSc1nnc(-c3ccccc3)c(-c3ccccc3)n1)n2CC. The molecule has 3 heterocycles. The van der Waals surface area contributed by atoms with Crippen LogP contribution in [0.25, 0.3) is 33.7 Å². The summed E-state index contributed by atoms with van der Waals surface area (Å²) in [5.74, 6) is 1.10. The lowest BCUT2D eigenvalue weighted by atomic mass is 10.0. The van der Waals surface area contributed by atoms with Crippen molar-refractivity contribution < 1.29 is 0 Å². The van der Waals surface area contributed by atoms with Gasteiger partial charge >= 0.3 is 5.69 Å². The topological polar surface area (TPSA) is 111 Å². The van der Waals surface area contributed by atoms with Gasteiger partial charge in [0.25, 0.3) is 5.56 Å². The smallest absolute Gasteiger partial charge is 0.322 e. The van der Waals surface area contributed by atoms with Gasteiger partial charge in [0.1, 0.15) is 17.2 Å². The summed E-state index contributed by atoms with van der Waals surface area (Å²) in [5.41, 5.74) is 3.33. The van der Waals surface area contributed by atoms with E-state index in [2.05, 4.69) is 22.1 Å². The minimum Gasteiger partial charge on any atom is -0.322 e. The molecule has 37 heavy (non-hydrogen) atoms. The van der Waals surface area contributed by atoms with Crippen LogP contribution >= 0.6 is 11.8 Å². The van der Waals surface area contributed by atoms with Crippen LogP contribution in [0.3, 0.4) is 0 Å². The molecule has 2 aromatic carbocycles. The highest BCUT2D eigenvalue weighted by molar-refractivity contribution is 7.98. The maximum Gasteiger partial charge on any atom is 0.330 e. The standard InChI is InChI=1S/C27H27N7O2S/c1-3-5-16-34-24-23(25(35)30-27(34)36)33(4-2)20(28-24)17-37-26-29-21(18-12-8-6-9-13-18)22(31-32-26)19-14-10-7-11-15-19/h6-15H,3-5,16-17H2,1-2H3,(H,30,35,36). The molecular weight excluding hydrogens is 486 g/mol. The van der Waals surface area contributed by atoms with Gasteiger partial charge in [0, 0.05) is 24.2 Å². The van der Waals surface area contributed by atoms with E-state index in [1.54, 1.807) is 4.57 Å². The van der Waals surface area contributed by atoms with Crippen molar-refractivity contribution in [3.8, 4) is 22.5 Å². The van der Waals surface area contributed by atoms with Crippen molar-refractivity contribution in [3.05, 3.63) is 87.3 Å². The Balaban J connectivity index is 1.52. The van der Waals surface area contributed by atoms with Gasteiger partial charge in [-0.15, -0.1) is 10.2 Å². The third kappa shape index (κ3) is 4.97. The van der Waals surface area contributed by atoms with Gasteiger partial charge in [-0.05, 0) is 13.3 Å². The molecule has 0 spiro atoms. The predicted molar refractivity (Wildman–Crippen MR) is 145 cm³/mol. The van der Waals surface area contributed by atoms with E-state index in [9.17, 15) is 9.59 Å². The molecule has 0 fully saturated rings. The van der Waals surface area contributed by atoms with Gasteiger partial charge in [0.2, 0.25) is 5.16 Å². The lowest BCUT2D eigenvalue weighted by molar-refractivity contribution is 0.613. The van der Waals surface area contributed by atoms with Crippen LogP contribution in [0.15, 0.2) is 75.4 Å². The molecule has 0 aliphatic rings. The molecular formula is C27H27N7O2S. The van der Waals surface area contributed by atoms with Gasteiger partial charge in [-0.25, -0.2) is 14.8 Å². The van der Waals surface area contributed by atoms with Crippen LogP contribution in [0, 0.1) is 0 Å². The average molecular weight is 514 g/mol. The lowest BCUT2D eigenvalue weighted by Gasteiger charge is -2.09. The number of unbranched alkanes of at least 4 members (excludes halogenated alkanes) is 1. The average Bonchev–Trinajstić information content (AvgIpc) is 3.31. The molecule has 3 aromatic heterocycles. The number of aromatic nitrogens is 7. The number of benzene rings is 2. The molecule has 9 nitrogen and oxygen atoms in total. The summed E-state index contributed by atoms with van der Waals surface area (Å²) in [6.45, 7) is 5.06. The van der Waals surface area contributed by atoms with E-state index in [1.807, 2.05) is 72.2 Å². The highest BCUT2D eigenvalue weighted by Crippen LogP contribution is 2.30. The summed E-state index contributed by atoms with van der Waals surface area (Å²) in [7, 11) is 0. The van der Waals surface area contributed by atoms with Gasteiger partial charge in [-0.2, -0.15) is 0 Å². The van der Waals surface area contributed by atoms with Crippen LogP contribution in [0.4, 0.5) is 0 Å². The number of imidazole rings is 1. The fourth-order valence-electron chi connectivity index (χ4n) is 4.28. The van der Waals surface area contributed by atoms with Gasteiger partial charge in [0.15, 0.2) is 11.2 Å². The second-order valence-corrected chi connectivity index (χ2v) is 9.46. The van der Waals surface area contributed by atoms with E-state index >= 15 is 0 Å². The van der Waals surface area contributed by atoms with Crippen molar-refractivity contribution in [2.75, 3.05) is 0 Å². The minimum absolute atomic E-state index is 0.414. The van der Waals surface area contributed by atoms with Gasteiger partial charge in [0.05, 0.1) is 5.75 Å². The number of fused-ring (bicyclic) bond motifs is 1. The van der Waals surface area contributed by atoms with Crippen molar-refractivity contribution in [2.45, 2.75) is 50.7 Å². The summed E-state index contributed by atoms with van der Waals surface area (Å²) in [6, 6.07) is 19.8.